The molecular formula is C16H12IN3O4S. The first kappa shape index (κ1) is 18.9. The average Bonchev–Trinajstić information content (AvgIpc) is 2.56. The van der Waals surface area contributed by atoms with Crippen LogP contribution in [-0.4, -0.2) is 18.9 Å². The van der Waals surface area contributed by atoms with E-state index in [1.165, 1.54) is 18.3 Å². The third kappa shape index (κ3) is 5.56. The molecule has 0 radical (unpaired) electrons. The van der Waals surface area contributed by atoms with Crippen molar-refractivity contribution in [1.29, 1.82) is 5.26 Å². The van der Waals surface area contributed by atoms with Crippen LogP contribution in [0.4, 0.5) is 11.4 Å². The number of hydrogen-bond acceptors (Lipinski definition) is 5. The predicted octanol–water partition coefficient (Wildman–Crippen LogP) is 3.00. The minimum Gasteiger partial charge on any atom is -0.360 e. The second kappa shape index (κ2) is 8.11. The SMILES string of the molecule is N#C/C(=C/Nc1ccc(I)cc1)C(=O)Nc1ccc(S(=O)(=O)O)cc1. The van der Waals surface area contributed by atoms with Crippen LogP contribution in [0.2, 0.25) is 0 Å². The first-order chi connectivity index (χ1) is 11.8. The summed E-state index contributed by atoms with van der Waals surface area (Å²) in [5.74, 6) is -0.653. The molecule has 0 heterocycles. The van der Waals surface area contributed by atoms with Crippen LogP contribution >= 0.6 is 22.6 Å². The van der Waals surface area contributed by atoms with E-state index in [-0.39, 0.29) is 16.2 Å². The second-order valence-corrected chi connectivity index (χ2v) is 7.44. The van der Waals surface area contributed by atoms with Gasteiger partial charge in [-0.05, 0) is 71.1 Å². The van der Waals surface area contributed by atoms with Gasteiger partial charge in [0.25, 0.3) is 16.0 Å². The van der Waals surface area contributed by atoms with Gasteiger partial charge in [-0.3, -0.25) is 9.35 Å². The van der Waals surface area contributed by atoms with Crippen molar-refractivity contribution < 1.29 is 17.8 Å². The van der Waals surface area contributed by atoms with E-state index < -0.39 is 16.0 Å². The van der Waals surface area contributed by atoms with Gasteiger partial charge in [-0.1, -0.05) is 0 Å². The van der Waals surface area contributed by atoms with Crippen molar-refractivity contribution in [2.24, 2.45) is 0 Å². The molecule has 2 rings (SSSR count). The van der Waals surface area contributed by atoms with Gasteiger partial charge in [0.05, 0.1) is 4.90 Å². The molecule has 0 aliphatic carbocycles. The molecular weight excluding hydrogens is 457 g/mol. The molecule has 25 heavy (non-hydrogen) atoms. The summed E-state index contributed by atoms with van der Waals surface area (Å²) in [6.45, 7) is 0. The van der Waals surface area contributed by atoms with E-state index in [4.69, 9.17) is 9.81 Å². The van der Waals surface area contributed by atoms with Gasteiger partial charge in [0.15, 0.2) is 0 Å². The summed E-state index contributed by atoms with van der Waals surface area (Å²) in [6, 6.07) is 14.1. The minimum atomic E-state index is -4.30. The molecule has 3 N–H and O–H groups in total. The zero-order valence-corrected chi connectivity index (χ0v) is 15.6. The summed E-state index contributed by atoms with van der Waals surface area (Å²) in [7, 11) is -4.30. The van der Waals surface area contributed by atoms with Crippen LogP contribution in [0.15, 0.2) is 65.2 Å². The van der Waals surface area contributed by atoms with Crippen LogP contribution in [0, 0.1) is 14.9 Å². The molecule has 1 amide bonds. The Labute approximate surface area is 158 Å². The number of benzene rings is 2. The molecule has 0 fully saturated rings. The van der Waals surface area contributed by atoms with E-state index in [1.807, 2.05) is 12.1 Å². The molecule has 2 aromatic carbocycles. The lowest BCUT2D eigenvalue weighted by molar-refractivity contribution is -0.112. The van der Waals surface area contributed by atoms with E-state index in [1.54, 1.807) is 18.2 Å². The third-order valence-corrected chi connectivity index (χ3v) is 4.59. The van der Waals surface area contributed by atoms with Gasteiger partial charge in [0, 0.05) is 21.1 Å². The number of anilines is 2. The molecule has 7 nitrogen and oxygen atoms in total. The highest BCUT2D eigenvalue weighted by Crippen LogP contribution is 2.15. The zero-order chi connectivity index (χ0) is 18.4. The lowest BCUT2D eigenvalue weighted by Crippen LogP contribution is -2.14. The van der Waals surface area contributed by atoms with Gasteiger partial charge in [-0.15, -0.1) is 0 Å². The van der Waals surface area contributed by atoms with E-state index >= 15 is 0 Å². The molecule has 0 aromatic heterocycles. The van der Waals surface area contributed by atoms with E-state index in [0.29, 0.717) is 0 Å². The van der Waals surface area contributed by atoms with Crippen molar-refractivity contribution in [3.8, 4) is 6.07 Å². The molecule has 0 spiro atoms. The number of rotatable bonds is 5. The number of hydrogen-bond donors (Lipinski definition) is 3. The first-order valence-corrected chi connectivity index (χ1v) is 9.33. The van der Waals surface area contributed by atoms with Crippen molar-refractivity contribution in [2.75, 3.05) is 10.6 Å². The highest BCUT2D eigenvalue weighted by molar-refractivity contribution is 14.1. The summed E-state index contributed by atoms with van der Waals surface area (Å²) in [5, 5.41) is 14.4. The van der Waals surface area contributed by atoms with Gasteiger partial charge in [0.2, 0.25) is 0 Å². The lowest BCUT2D eigenvalue weighted by Gasteiger charge is -2.06. The molecule has 0 saturated heterocycles. The average molecular weight is 469 g/mol. The van der Waals surface area contributed by atoms with E-state index in [2.05, 4.69) is 33.2 Å². The number of carbonyl (C=O) groups excluding carboxylic acids is 1. The molecule has 2 aromatic rings. The molecule has 9 heteroatoms. The number of carbonyl (C=O) groups is 1. The number of nitrogens with one attached hydrogen (secondary N) is 2. The van der Waals surface area contributed by atoms with Crippen molar-refractivity contribution in [1.82, 2.24) is 0 Å². The van der Waals surface area contributed by atoms with Crippen molar-refractivity contribution in [3.05, 3.63) is 63.9 Å². The van der Waals surface area contributed by atoms with Crippen LogP contribution in [0.5, 0.6) is 0 Å². The topological polar surface area (TPSA) is 119 Å². The molecule has 0 aliphatic rings. The first-order valence-electron chi connectivity index (χ1n) is 6.81. The standard InChI is InChI=1S/C16H12IN3O4S/c17-12-1-3-13(4-2-12)19-10-11(9-18)16(21)20-14-5-7-15(8-6-14)25(22,23)24/h1-8,10,19H,(H,20,21)(H,22,23,24)/b11-10-. The van der Waals surface area contributed by atoms with Crippen molar-refractivity contribution in [3.63, 3.8) is 0 Å². The van der Waals surface area contributed by atoms with Crippen LogP contribution < -0.4 is 10.6 Å². The van der Waals surface area contributed by atoms with Gasteiger partial charge < -0.3 is 10.6 Å². The maximum absolute atomic E-state index is 12.1. The smallest absolute Gasteiger partial charge is 0.294 e. The quantitative estimate of drug-likeness (QED) is 0.268. The van der Waals surface area contributed by atoms with E-state index in [0.717, 1.165) is 21.4 Å². The highest BCUT2D eigenvalue weighted by atomic mass is 127. The Morgan fingerprint density at radius 2 is 1.64 bits per heavy atom. The van der Waals surface area contributed by atoms with Crippen LogP contribution in [0.25, 0.3) is 0 Å². The normalized spacial score (nSPS) is 11.5. The fraction of sp³-hybridized carbons (Fsp3) is 0. The number of nitriles is 1. The monoisotopic (exact) mass is 469 g/mol. The molecule has 0 unspecified atom stereocenters. The molecule has 0 bridgehead atoms. The summed E-state index contributed by atoms with van der Waals surface area (Å²) in [5.41, 5.74) is 0.851. The Bertz CT molecular complexity index is 946. The third-order valence-electron chi connectivity index (χ3n) is 3.00. The minimum absolute atomic E-state index is 0.155. The fourth-order valence-electron chi connectivity index (χ4n) is 1.76. The van der Waals surface area contributed by atoms with Crippen LogP contribution in [0.3, 0.4) is 0 Å². The Balaban J connectivity index is 2.08. The Morgan fingerprint density at radius 1 is 1.08 bits per heavy atom. The fourth-order valence-corrected chi connectivity index (χ4v) is 2.60. The molecule has 0 atom stereocenters. The number of nitrogens with zero attached hydrogens (tertiary/aromatic N) is 1. The van der Waals surface area contributed by atoms with Gasteiger partial charge in [-0.2, -0.15) is 13.7 Å². The lowest BCUT2D eigenvalue weighted by atomic mass is 10.2. The molecule has 128 valence electrons. The van der Waals surface area contributed by atoms with Crippen LogP contribution in [0.1, 0.15) is 0 Å². The highest BCUT2D eigenvalue weighted by Gasteiger charge is 2.12. The largest absolute Gasteiger partial charge is 0.360 e. The number of amides is 1. The summed E-state index contributed by atoms with van der Waals surface area (Å²) in [4.78, 5) is 11.8. The van der Waals surface area contributed by atoms with Gasteiger partial charge in [0.1, 0.15) is 11.6 Å². The van der Waals surface area contributed by atoms with Gasteiger partial charge >= 0.3 is 0 Å². The predicted molar refractivity (Wildman–Crippen MR) is 101 cm³/mol. The summed E-state index contributed by atoms with van der Waals surface area (Å²) >= 11 is 2.16. The molecule has 0 saturated carbocycles. The molecule has 0 aliphatic heterocycles. The van der Waals surface area contributed by atoms with Crippen LogP contribution in [-0.2, 0) is 14.9 Å². The maximum Gasteiger partial charge on any atom is 0.294 e. The van der Waals surface area contributed by atoms with Gasteiger partial charge in [-0.25, -0.2) is 0 Å². The number of halogens is 1. The Hall–Kier alpha value is -2.42. The van der Waals surface area contributed by atoms with Crippen molar-refractivity contribution >= 4 is 50.0 Å². The summed E-state index contributed by atoms with van der Waals surface area (Å²) in [6.07, 6.45) is 1.28. The summed E-state index contributed by atoms with van der Waals surface area (Å²) < 4.78 is 31.9. The second-order valence-electron chi connectivity index (χ2n) is 4.77. The maximum atomic E-state index is 12.1. The Morgan fingerprint density at radius 3 is 2.16 bits per heavy atom. The van der Waals surface area contributed by atoms with Crippen molar-refractivity contribution in [2.45, 2.75) is 4.90 Å². The van der Waals surface area contributed by atoms with E-state index in [9.17, 15) is 13.2 Å². The Kier molecular flexibility index (Phi) is 6.13. The zero-order valence-electron chi connectivity index (χ0n) is 12.6.